The van der Waals surface area contributed by atoms with Crippen LogP contribution in [0.5, 0.6) is 0 Å². The Hall–Kier alpha value is -0.260. The Balaban J connectivity index is 2.96. The van der Waals surface area contributed by atoms with Crippen molar-refractivity contribution in [2.75, 3.05) is 0 Å². The number of hydrogen-bond acceptors (Lipinski definition) is 0. The SMILES string of the molecule is CCCCC=CCCCCCCCCCCC. The molecule has 0 rings (SSSR count). The third-order valence-corrected chi connectivity index (χ3v) is 3.37. The highest BCUT2D eigenvalue weighted by atomic mass is 14.0. The van der Waals surface area contributed by atoms with E-state index < -0.39 is 0 Å². The van der Waals surface area contributed by atoms with Crippen molar-refractivity contribution < 1.29 is 0 Å². The largest absolute Gasteiger partial charge is 0.0885 e. The van der Waals surface area contributed by atoms with Gasteiger partial charge in [0.25, 0.3) is 0 Å². The fraction of sp³-hybridized carbons (Fsp3) is 0.882. The second kappa shape index (κ2) is 15.7. The number of unbranched alkanes of at least 4 members (excludes halogenated alkanes) is 11. The minimum Gasteiger partial charge on any atom is -0.0885 e. The first-order valence-corrected chi connectivity index (χ1v) is 8.06. The summed E-state index contributed by atoms with van der Waals surface area (Å²) < 4.78 is 0. The van der Waals surface area contributed by atoms with Gasteiger partial charge >= 0.3 is 0 Å². The molecule has 0 aromatic carbocycles. The topological polar surface area (TPSA) is 0 Å². The van der Waals surface area contributed by atoms with Gasteiger partial charge in [-0.05, 0) is 19.3 Å². The molecule has 0 spiro atoms. The van der Waals surface area contributed by atoms with Gasteiger partial charge in [0.1, 0.15) is 0 Å². The highest BCUT2D eigenvalue weighted by molar-refractivity contribution is 4.81. The van der Waals surface area contributed by atoms with E-state index >= 15 is 0 Å². The Bertz CT molecular complexity index is 146. The molecule has 0 unspecified atom stereocenters. The molecule has 0 amide bonds. The van der Waals surface area contributed by atoms with E-state index in [2.05, 4.69) is 26.0 Å². The fourth-order valence-electron chi connectivity index (χ4n) is 2.13. The molecule has 0 radical (unpaired) electrons. The Morgan fingerprint density at radius 2 is 0.882 bits per heavy atom. The summed E-state index contributed by atoms with van der Waals surface area (Å²) in [6.07, 6.45) is 23.0. The molecule has 0 saturated heterocycles. The Kier molecular flexibility index (Phi) is 15.5. The van der Waals surface area contributed by atoms with Crippen LogP contribution in [-0.2, 0) is 0 Å². The molecule has 0 N–H and O–H groups in total. The predicted octanol–water partition coefficient (Wildman–Crippen LogP) is 6.65. The van der Waals surface area contributed by atoms with E-state index in [1.807, 2.05) is 0 Å². The molecule has 0 nitrogen and oxygen atoms in total. The van der Waals surface area contributed by atoms with Gasteiger partial charge in [0.15, 0.2) is 0 Å². The van der Waals surface area contributed by atoms with Gasteiger partial charge in [-0.15, -0.1) is 0 Å². The van der Waals surface area contributed by atoms with Crippen molar-refractivity contribution in [1.82, 2.24) is 0 Å². The summed E-state index contributed by atoms with van der Waals surface area (Å²) in [5, 5.41) is 0. The summed E-state index contributed by atoms with van der Waals surface area (Å²) in [4.78, 5) is 0. The van der Waals surface area contributed by atoms with Gasteiger partial charge in [-0.25, -0.2) is 0 Å². The van der Waals surface area contributed by atoms with Crippen molar-refractivity contribution in [3.8, 4) is 0 Å². The molecule has 102 valence electrons. The third kappa shape index (κ3) is 15.7. The normalized spacial score (nSPS) is 11.4. The lowest BCUT2D eigenvalue weighted by Crippen LogP contribution is -1.80. The minimum absolute atomic E-state index is 1.29. The summed E-state index contributed by atoms with van der Waals surface area (Å²) in [6.45, 7) is 4.54. The summed E-state index contributed by atoms with van der Waals surface area (Å²) in [7, 11) is 0. The van der Waals surface area contributed by atoms with Crippen molar-refractivity contribution in [2.45, 2.75) is 97.3 Å². The van der Waals surface area contributed by atoms with Crippen LogP contribution in [0.15, 0.2) is 12.2 Å². The van der Waals surface area contributed by atoms with Crippen molar-refractivity contribution in [1.29, 1.82) is 0 Å². The molecule has 0 atom stereocenters. The Labute approximate surface area is 110 Å². The number of hydrogen-bond donors (Lipinski definition) is 0. The molecular formula is C17H34. The third-order valence-electron chi connectivity index (χ3n) is 3.37. The molecule has 0 saturated carbocycles. The zero-order valence-corrected chi connectivity index (χ0v) is 12.3. The minimum atomic E-state index is 1.29. The number of allylic oxidation sites excluding steroid dienone is 2. The van der Waals surface area contributed by atoms with E-state index in [0.717, 1.165) is 0 Å². The van der Waals surface area contributed by atoms with Crippen LogP contribution in [0.2, 0.25) is 0 Å². The van der Waals surface area contributed by atoms with Gasteiger partial charge < -0.3 is 0 Å². The quantitative estimate of drug-likeness (QED) is 0.249. The zero-order chi connectivity index (χ0) is 12.6. The lowest BCUT2D eigenvalue weighted by atomic mass is 10.1. The van der Waals surface area contributed by atoms with Gasteiger partial charge in [0.2, 0.25) is 0 Å². The van der Waals surface area contributed by atoms with Gasteiger partial charge in [-0.1, -0.05) is 90.2 Å². The molecule has 0 aromatic rings. The van der Waals surface area contributed by atoms with Crippen LogP contribution in [0.3, 0.4) is 0 Å². The van der Waals surface area contributed by atoms with Crippen LogP contribution >= 0.6 is 0 Å². The average Bonchev–Trinajstić information content (AvgIpc) is 2.35. The standard InChI is InChI=1S/C17H34/c1-3-5-7-9-11-13-15-17-16-14-12-10-8-6-4-2/h9,11H,3-8,10,12-17H2,1-2H3. The Morgan fingerprint density at radius 1 is 0.471 bits per heavy atom. The molecule has 0 fully saturated rings. The van der Waals surface area contributed by atoms with Crippen LogP contribution in [-0.4, -0.2) is 0 Å². The monoisotopic (exact) mass is 238 g/mol. The molecule has 0 bridgehead atoms. The van der Waals surface area contributed by atoms with E-state index in [-0.39, 0.29) is 0 Å². The second-order valence-corrected chi connectivity index (χ2v) is 5.23. The van der Waals surface area contributed by atoms with Crippen molar-refractivity contribution in [3.05, 3.63) is 12.2 Å². The summed E-state index contributed by atoms with van der Waals surface area (Å²) in [6, 6.07) is 0. The molecule has 0 heteroatoms. The molecule has 0 heterocycles. The summed E-state index contributed by atoms with van der Waals surface area (Å²) in [5.41, 5.74) is 0. The van der Waals surface area contributed by atoms with Crippen molar-refractivity contribution in [2.24, 2.45) is 0 Å². The number of rotatable bonds is 13. The van der Waals surface area contributed by atoms with Gasteiger partial charge in [-0.3, -0.25) is 0 Å². The van der Waals surface area contributed by atoms with E-state index in [1.165, 1.54) is 83.5 Å². The lowest BCUT2D eigenvalue weighted by Gasteiger charge is -2.00. The highest BCUT2D eigenvalue weighted by Crippen LogP contribution is 2.10. The molecular weight excluding hydrogens is 204 g/mol. The van der Waals surface area contributed by atoms with Crippen LogP contribution in [0.4, 0.5) is 0 Å². The van der Waals surface area contributed by atoms with Crippen molar-refractivity contribution in [3.63, 3.8) is 0 Å². The lowest BCUT2D eigenvalue weighted by molar-refractivity contribution is 0.566. The van der Waals surface area contributed by atoms with Crippen molar-refractivity contribution >= 4 is 0 Å². The maximum absolute atomic E-state index is 2.39. The van der Waals surface area contributed by atoms with Crippen LogP contribution in [0.25, 0.3) is 0 Å². The van der Waals surface area contributed by atoms with Gasteiger partial charge in [0, 0.05) is 0 Å². The smallest absolute Gasteiger partial charge is 0.0351 e. The first kappa shape index (κ1) is 16.7. The van der Waals surface area contributed by atoms with Crippen LogP contribution in [0.1, 0.15) is 97.3 Å². The average molecular weight is 238 g/mol. The van der Waals surface area contributed by atoms with E-state index in [9.17, 15) is 0 Å². The molecule has 17 heavy (non-hydrogen) atoms. The summed E-state index contributed by atoms with van der Waals surface area (Å²) in [5.74, 6) is 0. The molecule has 0 aliphatic rings. The van der Waals surface area contributed by atoms with E-state index in [4.69, 9.17) is 0 Å². The Morgan fingerprint density at radius 3 is 1.41 bits per heavy atom. The van der Waals surface area contributed by atoms with Crippen LogP contribution < -0.4 is 0 Å². The summed E-state index contributed by atoms with van der Waals surface area (Å²) >= 11 is 0. The zero-order valence-electron chi connectivity index (χ0n) is 12.3. The maximum Gasteiger partial charge on any atom is -0.0351 e. The molecule has 0 aliphatic carbocycles. The first-order valence-electron chi connectivity index (χ1n) is 8.06. The molecule has 0 aliphatic heterocycles. The van der Waals surface area contributed by atoms with E-state index in [0.29, 0.717) is 0 Å². The fourth-order valence-corrected chi connectivity index (χ4v) is 2.13. The maximum atomic E-state index is 2.39. The second-order valence-electron chi connectivity index (χ2n) is 5.23. The predicted molar refractivity (Wildman–Crippen MR) is 80.5 cm³/mol. The van der Waals surface area contributed by atoms with Crippen LogP contribution in [0, 0.1) is 0 Å². The van der Waals surface area contributed by atoms with E-state index in [1.54, 1.807) is 0 Å². The van der Waals surface area contributed by atoms with Gasteiger partial charge in [-0.2, -0.15) is 0 Å². The molecule has 0 aromatic heterocycles. The van der Waals surface area contributed by atoms with Gasteiger partial charge in [0.05, 0.1) is 0 Å². The highest BCUT2D eigenvalue weighted by Gasteiger charge is 1.91. The first-order chi connectivity index (χ1) is 8.41.